The summed E-state index contributed by atoms with van der Waals surface area (Å²) in [6, 6.07) is 4.02. The number of anilines is 1. The number of rotatable bonds is 6. The molecule has 0 aromatic heterocycles. The van der Waals surface area contributed by atoms with Gasteiger partial charge in [0.25, 0.3) is 5.91 Å². The fourth-order valence-electron chi connectivity index (χ4n) is 1.90. The van der Waals surface area contributed by atoms with E-state index in [4.69, 9.17) is 9.47 Å². The zero-order valence-corrected chi connectivity index (χ0v) is 14.2. The Bertz CT molecular complexity index is 694. The van der Waals surface area contributed by atoms with Crippen molar-refractivity contribution in [3.8, 4) is 0 Å². The van der Waals surface area contributed by atoms with Gasteiger partial charge in [-0.1, -0.05) is 0 Å². The van der Waals surface area contributed by atoms with Crippen molar-refractivity contribution in [3.05, 3.63) is 23.8 Å². The summed E-state index contributed by atoms with van der Waals surface area (Å²) in [7, 11) is 1.48. The van der Waals surface area contributed by atoms with Gasteiger partial charge in [0, 0.05) is 18.6 Å². The van der Waals surface area contributed by atoms with Crippen LogP contribution in [-0.2, 0) is 19.1 Å². The van der Waals surface area contributed by atoms with Crippen LogP contribution in [0.25, 0.3) is 0 Å². The number of nitrogens with one attached hydrogen (secondary N) is 3. The Kier molecular flexibility index (Phi) is 6.78. The van der Waals surface area contributed by atoms with Crippen LogP contribution in [0, 0.1) is 0 Å². The van der Waals surface area contributed by atoms with E-state index >= 15 is 0 Å². The highest BCUT2D eigenvalue weighted by Crippen LogP contribution is 2.32. The van der Waals surface area contributed by atoms with Crippen LogP contribution in [0.3, 0.4) is 0 Å². The normalized spacial score (nSPS) is 12.6. The summed E-state index contributed by atoms with van der Waals surface area (Å²) in [6.45, 7) is -0.0489. The van der Waals surface area contributed by atoms with E-state index in [1.54, 1.807) is 12.1 Å². The first-order chi connectivity index (χ1) is 12.0. The third-order valence-electron chi connectivity index (χ3n) is 3.03. The van der Waals surface area contributed by atoms with Gasteiger partial charge in [-0.25, -0.2) is 9.59 Å². The van der Waals surface area contributed by atoms with Crippen LogP contribution in [0.4, 0.5) is 10.5 Å². The van der Waals surface area contributed by atoms with Crippen molar-refractivity contribution in [3.63, 3.8) is 0 Å². The maximum Gasteiger partial charge on any atom is 0.338 e. The summed E-state index contributed by atoms with van der Waals surface area (Å²) >= 11 is 1.37. The largest absolute Gasteiger partial charge is 0.452 e. The van der Waals surface area contributed by atoms with Crippen LogP contribution in [-0.4, -0.2) is 56.4 Å². The van der Waals surface area contributed by atoms with Crippen molar-refractivity contribution in [2.24, 2.45) is 0 Å². The van der Waals surface area contributed by atoms with Crippen LogP contribution in [0.5, 0.6) is 0 Å². The maximum absolute atomic E-state index is 12.0. The van der Waals surface area contributed by atoms with E-state index < -0.39 is 24.5 Å². The van der Waals surface area contributed by atoms with Crippen LogP contribution in [0.1, 0.15) is 10.4 Å². The smallest absolute Gasteiger partial charge is 0.338 e. The van der Waals surface area contributed by atoms with Crippen LogP contribution in [0.2, 0.25) is 0 Å². The molecule has 1 aliphatic heterocycles. The lowest BCUT2D eigenvalue weighted by atomic mass is 10.2. The van der Waals surface area contributed by atoms with Gasteiger partial charge in [0.1, 0.15) is 0 Å². The van der Waals surface area contributed by atoms with Gasteiger partial charge < -0.3 is 20.1 Å². The Balaban J connectivity index is 1.82. The summed E-state index contributed by atoms with van der Waals surface area (Å²) < 4.78 is 9.61. The number of carbonyl (C=O) groups excluding carboxylic acids is 4. The summed E-state index contributed by atoms with van der Waals surface area (Å²) in [6.07, 6.45) is 0. The second kappa shape index (κ2) is 9.04. The molecule has 3 N–H and O–H groups in total. The molecule has 1 aliphatic rings. The fraction of sp³-hybridized carbons (Fsp3) is 0.333. The van der Waals surface area contributed by atoms with Gasteiger partial charge in [-0.15, -0.1) is 11.8 Å². The van der Waals surface area contributed by atoms with Crippen molar-refractivity contribution in [2.45, 2.75) is 4.90 Å². The Hall–Kier alpha value is -2.59. The molecule has 0 bridgehead atoms. The fourth-order valence-corrected chi connectivity index (χ4v) is 2.69. The number of hydrogen-bond donors (Lipinski definition) is 3. The molecule has 0 saturated carbocycles. The minimum atomic E-state index is -0.759. The number of benzene rings is 1. The first-order valence-electron chi connectivity index (χ1n) is 7.30. The average Bonchev–Trinajstić information content (AvgIpc) is 2.59. The minimum absolute atomic E-state index is 0.151. The van der Waals surface area contributed by atoms with Crippen molar-refractivity contribution in [1.29, 1.82) is 0 Å². The van der Waals surface area contributed by atoms with Crippen molar-refractivity contribution in [2.75, 3.05) is 37.9 Å². The van der Waals surface area contributed by atoms with Gasteiger partial charge in [-0.3, -0.25) is 14.9 Å². The maximum atomic E-state index is 12.0. The quantitative estimate of drug-likeness (QED) is 0.490. The predicted molar refractivity (Wildman–Crippen MR) is 89.5 cm³/mol. The molecule has 0 aliphatic carbocycles. The monoisotopic (exact) mass is 367 g/mol. The van der Waals surface area contributed by atoms with Gasteiger partial charge in [0.15, 0.2) is 6.61 Å². The van der Waals surface area contributed by atoms with E-state index in [9.17, 15) is 19.2 Å². The first kappa shape index (κ1) is 18.7. The molecular weight excluding hydrogens is 350 g/mol. The van der Waals surface area contributed by atoms with Crippen molar-refractivity contribution < 1.29 is 28.7 Å². The molecule has 9 nitrogen and oxygen atoms in total. The Labute approximate surface area is 147 Å². The summed E-state index contributed by atoms with van der Waals surface area (Å²) in [5.41, 5.74) is 0.719. The van der Waals surface area contributed by atoms with E-state index in [0.717, 1.165) is 4.90 Å². The molecule has 0 atom stereocenters. The second-order valence-electron chi connectivity index (χ2n) is 4.92. The lowest BCUT2D eigenvalue weighted by molar-refractivity contribution is -0.123. The number of urea groups is 1. The molecule has 0 unspecified atom stereocenters. The molecule has 0 fully saturated rings. The molecular formula is C15H17N3O6S. The highest BCUT2D eigenvalue weighted by Gasteiger charge is 2.18. The minimum Gasteiger partial charge on any atom is -0.452 e. The number of ether oxygens (including phenoxy) is 2. The second-order valence-corrected chi connectivity index (χ2v) is 5.94. The van der Waals surface area contributed by atoms with Crippen molar-refractivity contribution >= 4 is 41.3 Å². The zero-order valence-electron chi connectivity index (χ0n) is 13.4. The highest BCUT2D eigenvalue weighted by molar-refractivity contribution is 8.00. The number of amides is 4. The Morgan fingerprint density at radius 2 is 2.12 bits per heavy atom. The molecule has 1 aromatic carbocycles. The van der Waals surface area contributed by atoms with Gasteiger partial charge in [0.05, 0.1) is 23.6 Å². The Morgan fingerprint density at radius 1 is 1.32 bits per heavy atom. The van der Waals surface area contributed by atoms with Gasteiger partial charge in [0.2, 0.25) is 5.91 Å². The third kappa shape index (κ3) is 5.76. The van der Waals surface area contributed by atoms with E-state index in [1.165, 1.54) is 24.9 Å². The Morgan fingerprint density at radius 3 is 2.88 bits per heavy atom. The molecule has 0 spiro atoms. The number of methoxy groups -OCH3 is 1. The van der Waals surface area contributed by atoms with Crippen LogP contribution >= 0.6 is 11.8 Å². The van der Waals surface area contributed by atoms with Gasteiger partial charge in [-0.2, -0.15) is 0 Å². The SMILES string of the molecule is COCCNC(=O)NC(=O)COC(=O)c1ccc2c(c1)NC(=O)CS2. The molecule has 0 saturated heterocycles. The van der Waals surface area contributed by atoms with Crippen LogP contribution < -0.4 is 16.0 Å². The molecule has 0 radical (unpaired) electrons. The summed E-state index contributed by atoms with van der Waals surface area (Å²) in [4.78, 5) is 47.1. The van der Waals surface area contributed by atoms with E-state index in [-0.39, 0.29) is 18.0 Å². The number of carbonyl (C=O) groups is 4. The van der Waals surface area contributed by atoms with E-state index in [1.807, 2.05) is 5.32 Å². The predicted octanol–water partition coefficient (Wildman–Crippen LogP) is 0.360. The van der Waals surface area contributed by atoms with E-state index in [0.29, 0.717) is 18.0 Å². The van der Waals surface area contributed by atoms with Gasteiger partial charge in [-0.05, 0) is 18.2 Å². The lowest BCUT2D eigenvalue weighted by Crippen LogP contribution is -2.42. The average molecular weight is 367 g/mol. The van der Waals surface area contributed by atoms with Crippen LogP contribution in [0.15, 0.2) is 23.1 Å². The number of fused-ring (bicyclic) bond motifs is 1. The first-order valence-corrected chi connectivity index (χ1v) is 8.28. The highest BCUT2D eigenvalue weighted by atomic mass is 32.2. The molecule has 134 valence electrons. The molecule has 1 aromatic rings. The lowest BCUT2D eigenvalue weighted by Gasteiger charge is -2.16. The molecule has 10 heteroatoms. The molecule has 2 rings (SSSR count). The molecule has 4 amide bonds. The zero-order chi connectivity index (χ0) is 18.2. The summed E-state index contributed by atoms with van der Waals surface area (Å²) in [5, 5.41) is 7.07. The van der Waals surface area contributed by atoms with E-state index in [2.05, 4.69) is 10.6 Å². The van der Waals surface area contributed by atoms with Crippen molar-refractivity contribution in [1.82, 2.24) is 10.6 Å². The number of imide groups is 1. The topological polar surface area (TPSA) is 123 Å². The molecule has 25 heavy (non-hydrogen) atoms. The van der Waals surface area contributed by atoms with Gasteiger partial charge >= 0.3 is 12.0 Å². The third-order valence-corrected chi connectivity index (χ3v) is 4.10. The number of esters is 1. The molecule has 1 heterocycles. The number of thioether (sulfide) groups is 1. The summed E-state index contributed by atoms with van der Waals surface area (Å²) in [5.74, 6) is -1.32. The number of hydrogen-bond acceptors (Lipinski definition) is 7. The standard InChI is InChI=1S/C15H17N3O6S/c1-23-5-4-16-15(22)18-12(19)7-24-14(21)9-2-3-11-10(6-9)17-13(20)8-25-11/h2-3,6H,4-5,7-8H2,1H3,(H,17,20)(H2,16,18,19,22).